The zero-order valence-electron chi connectivity index (χ0n) is 9.60. The van der Waals surface area contributed by atoms with Gasteiger partial charge in [0.15, 0.2) is 0 Å². The van der Waals surface area contributed by atoms with Crippen LogP contribution in [-0.4, -0.2) is 31.7 Å². The van der Waals surface area contributed by atoms with Gasteiger partial charge >= 0.3 is 0 Å². The van der Waals surface area contributed by atoms with Crippen LogP contribution in [0.2, 0.25) is 5.02 Å². The third kappa shape index (κ3) is 2.40. The molecule has 1 aromatic carbocycles. The summed E-state index contributed by atoms with van der Waals surface area (Å²) in [6.07, 6.45) is 0. The fourth-order valence-electron chi connectivity index (χ4n) is 1.98. The van der Waals surface area contributed by atoms with E-state index >= 15 is 0 Å². The quantitative estimate of drug-likeness (QED) is 0.862. The highest BCUT2D eigenvalue weighted by Gasteiger charge is 2.29. The minimum atomic E-state index is -0.549. The molecule has 1 aliphatic rings. The number of carbonyl (C=O) groups excluding carboxylic acids is 1. The lowest BCUT2D eigenvalue weighted by atomic mass is 10.1. The molecular formula is C12H12ClN3O2. The van der Waals surface area contributed by atoms with E-state index in [1.165, 1.54) is 0 Å². The molecule has 0 aliphatic carbocycles. The molecule has 6 heteroatoms. The van der Waals surface area contributed by atoms with Crippen molar-refractivity contribution in [2.24, 2.45) is 5.73 Å². The highest BCUT2D eigenvalue weighted by molar-refractivity contribution is 6.30. The second-order valence-corrected chi connectivity index (χ2v) is 4.40. The Hall–Kier alpha value is -1.77. The monoisotopic (exact) mass is 265 g/mol. The molecule has 1 saturated heterocycles. The second kappa shape index (κ2) is 5.25. The summed E-state index contributed by atoms with van der Waals surface area (Å²) in [5.41, 5.74) is 6.43. The standard InChI is InChI=1S/C12H12ClN3O2/c13-9-1-2-10(8(5-9)6-14)16-3-4-18-7-11(16)12(15)17/h1-2,5,11H,3-4,7H2,(H2,15,17). The number of nitrogens with zero attached hydrogens (tertiary/aromatic N) is 2. The first-order valence-corrected chi connectivity index (χ1v) is 5.84. The third-order valence-electron chi connectivity index (χ3n) is 2.85. The number of carbonyl (C=O) groups is 1. The normalized spacial score (nSPS) is 19.3. The summed E-state index contributed by atoms with van der Waals surface area (Å²) in [6, 6.07) is 6.51. The molecule has 5 nitrogen and oxygen atoms in total. The first-order chi connectivity index (χ1) is 8.63. The number of nitriles is 1. The van der Waals surface area contributed by atoms with Crippen molar-refractivity contribution in [2.45, 2.75) is 6.04 Å². The van der Waals surface area contributed by atoms with Crippen LogP contribution < -0.4 is 10.6 Å². The van der Waals surface area contributed by atoms with Crippen LogP contribution in [0.4, 0.5) is 5.69 Å². The third-order valence-corrected chi connectivity index (χ3v) is 3.08. The maximum Gasteiger partial charge on any atom is 0.242 e. The van der Waals surface area contributed by atoms with Gasteiger partial charge in [0.2, 0.25) is 5.91 Å². The van der Waals surface area contributed by atoms with Crippen molar-refractivity contribution < 1.29 is 9.53 Å². The fourth-order valence-corrected chi connectivity index (χ4v) is 2.15. The molecule has 0 saturated carbocycles. The first kappa shape index (κ1) is 12.7. The summed E-state index contributed by atoms with van der Waals surface area (Å²) in [4.78, 5) is 13.2. The molecular weight excluding hydrogens is 254 g/mol. The Morgan fingerprint density at radius 2 is 2.39 bits per heavy atom. The summed E-state index contributed by atoms with van der Waals surface area (Å²) in [6.45, 7) is 1.25. The van der Waals surface area contributed by atoms with Crippen LogP contribution in [0.15, 0.2) is 18.2 Å². The maximum atomic E-state index is 11.4. The largest absolute Gasteiger partial charge is 0.377 e. The maximum absolute atomic E-state index is 11.4. The Kier molecular flexibility index (Phi) is 3.70. The fraction of sp³-hybridized carbons (Fsp3) is 0.333. The number of hydrogen-bond donors (Lipinski definition) is 1. The van der Waals surface area contributed by atoms with E-state index in [9.17, 15) is 4.79 Å². The number of benzene rings is 1. The van der Waals surface area contributed by atoms with E-state index in [4.69, 9.17) is 27.3 Å². The predicted molar refractivity (Wildman–Crippen MR) is 67.3 cm³/mol. The molecule has 1 atom stereocenters. The molecule has 0 bridgehead atoms. The van der Waals surface area contributed by atoms with Crippen LogP contribution >= 0.6 is 11.6 Å². The zero-order valence-corrected chi connectivity index (χ0v) is 10.4. The second-order valence-electron chi connectivity index (χ2n) is 3.96. The number of primary amides is 1. The van der Waals surface area contributed by atoms with Crippen LogP contribution in [-0.2, 0) is 9.53 Å². The van der Waals surface area contributed by atoms with Gasteiger partial charge in [-0.05, 0) is 18.2 Å². The number of nitrogens with two attached hydrogens (primary N) is 1. The van der Waals surface area contributed by atoms with Gasteiger partial charge in [0.25, 0.3) is 0 Å². The minimum Gasteiger partial charge on any atom is -0.377 e. The number of anilines is 1. The minimum absolute atomic E-state index is 0.239. The molecule has 1 fully saturated rings. The van der Waals surface area contributed by atoms with Gasteiger partial charge in [-0.25, -0.2) is 0 Å². The Morgan fingerprint density at radius 3 is 3.06 bits per heavy atom. The molecule has 1 aromatic rings. The van der Waals surface area contributed by atoms with Crippen LogP contribution in [0.3, 0.4) is 0 Å². The van der Waals surface area contributed by atoms with Crippen molar-refractivity contribution in [1.82, 2.24) is 0 Å². The lowest BCUT2D eigenvalue weighted by Gasteiger charge is -2.35. The zero-order chi connectivity index (χ0) is 13.1. The molecule has 1 aliphatic heterocycles. The van der Waals surface area contributed by atoms with Gasteiger partial charge in [0, 0.05) is 11.6 Å². The number of hydrogen-bond acceptors (Lipinski definition) is 4. The van der Waals surface area contributed by atoms with E-state index in [1.807, 2.05) is 0 Å². The Balaban J connectivity index is 2.40. The summed E-state index contributed by atoms with van der Waals surface area (Å²) >= 11 is 5.85. The summed E-state index contributed by atoms with van der Waals surface area (Å²) < 4.78 is 5.24. The van der Waals surface area contributed by atoms with Crippen LogP contribution in [0.25, 0.3) is 0 Å². The van der Waals surface area contributed by atoms with Crippen LogP contribution in [0, 0.1) is 11.3 Å². The Labute approximate surface area is 110 Å². The van der Waals surface area contributed by atoms with Crippen molar-refractivity contribution in [3.8, 4) is 6.07 Å². The number of ether oxygens (including phenoxy) is 1. The van der Waals surface area contributed by atoms with Gasteiger partial charge in [-0.3, -0.25) is 4.79 Å². The molecule has 2 N–H and O–H groups in total. The van der Waals surface area contributed by atoms with E-state index < -0.39 is 11.9 Å². The van der Waals surface area contributed by atoms with E-state index in [2.05, 4.69) is 6.07 Å². The molecule has 1 heterocycles. The summed E-state index contributed by atoms with van der Waals surface area (Å²) in [5.74, 6) is -0.464. The summed E-state index contributed by atoms with van der Waals surface area (Å²) in [5, 5.41) is 9.60. The van der Waals surface area contributed by atoms with E-state index in [-0.39, 0.29) is 6.61 Å². The van der Waals surface area contributed by atoms with Gasteiger partial charge in [-0.2, -0.15) is 5.26 Å². The average Bonchev–Trinajstić information content (AvgIpc) is 2.38. The van der Waals surface area contributed by atoms with Gasteiger partial charge in [0.1, 0.15) is 12.1 Å². The topological polar surface area (TPSA) is 79.3 Å². The van der Waals surface area contributed by atoms with Crippen molar-refractivity contribution in [3.05, 3.63) is 28.8 Å². The van der Waals surface area contributed by atoms with Gasteiger partial charge < -0.3 is 15.4 Å². The predicted octanol–water partition coefficient (Wildman–Crippen LogP) is 0.902. The first-order valence-electron chi connectivity index (χ1n) is 5.47. The van der Waals surface area contributed by atoms with E-state index in [0.717, 1.165) is 0 Å². The van der Waals surface area contributed by atoms with Gasteiger partial charge in [-0.1, -0.05) is 11.6 Å². The highest BCUT2D eigenvalue weighted by atomic mass is 35.5. The van der Waals surface area contributed by atoms with Crippen LogP contribution in [0.1, 0.15) is 5.56 Å². The number of morpholine rings is 1. The van der Waals surface area contributed by atoms with E-state index in [0.29, 0.717) is 29.4 Å². The van der Waals surface area contributed by atoms with E-state index in [1.54, 1.807) is 23.1 Å². The Morgan fingerprint density at radius 1 is 1.61 bits per heavy atom. The van der Waals surface area contributed by atoms with Crippen molar-refractivity contribution in [2.75, 3.05) is 24.7 Å². The molecule has 0 aromatic heterocycles. The number of rotatable bonds is 2. The van der Waals surface area contributed by atoms with Crippen molar-refractivity contribution >= 4 is 23.2 Å². The van der Waals surface area contributed by atoms with Crippen molar-refractivity contribution in [3.63, 3.8) is 0 Å². The smallest absolute Gasteiger partial charge is 0.242 e. The lowest BCUT2D eigenvalue weighted by Crippen LogP contribution is -2.52. The number of halogens is 1. The van der Waals surface area contributed by atoms with Crippen LogP contribution in [0.5, 0.6) is 0 Å². The lowest BCUT2D eigenvalue weighted by molar-refractivity contribution is -0.121. The average molecular weight is 266 g/mol. The Bertz CT molecular complexity index is 513. The van der Waals surface area contributed by atoms with Crippen molar-refractivity contribution in [1.29, 1.82) is 5.26 Å². The molecule has 1 unspecified atom stereocenters. The molecule has 2 rings (SSSR count). The molecule has 0 radical (unpaired) electrons. The number of amides is 1. The molecule has 0 spiro atoms. The van der Waals surface area contributed by atoms with Gasteiger partial charge in [0.05, 0.1) is 24.5 Å². The summed E-state index contributed by atoms with van der Waals surface area (Å²) in [7, 11) is 0. The molecule has 94 valence electrons. The highest BCUT2D eigenvalue weighted by Crippen LogP contribution is 2.26. The molecule has 1 amide bonds. The molecule has 18 heavy (non-hydrogen) atoms. The van der Waals surface area contributed by atoms with Gasteiger partial charge in [-0.15, -0.1) is 0 Å². The SMILES string of the molecule is N#Cc1cc(Cl)ccc1N1CCOCC1C(N)=O.